The maximum absolute atomic E-state index is 8.84. The van der Waals surface area contributed by atoms with Gasteiger partial charge in [0.15, 0.2) is 34.9 Å². The van der Waals surface area contributed by atoms with Gasteiger partial charge < -0.3 is 13.7 Å². The van der Waals surface area contributed by atoms with Gasteiger partial charge in [0.25, 0.3) is 0 Å². The van der Waals surface area contributed by atoms with E-state index in [0.29, 0.717) is 34.2 Å². The van der Waals surface area contributed by atoms with Gasteiger partial charge in [-0.1, -0.05) is 442 Å². The van der Waals surface area contributed by atoms with Crippen LogP contribution in [0.25, 0.3) is 267 Å². The van der Waals surface area contributed by atoms with Gasteiger partial charge in [-0.15, -0.1) is 0 Å². The Balaban J connectivity index is 0.000000116. The number of rotatable bonds is 15. The molecule has 0 bridgehead atoms. The molecule has 0 atom stereocenters. The van der Waals surface area contributed by atoms with Crippen molar-refractivity contribution in [3.05, 3.63) is 527 Å². The van der Waals surface area contributed by atoms with Gasteiger partial charge in [0.05, 0.1) is 92.4 Å². The van der Waals surface area contributed by atoms with E-state index in [0.717, 1.165) is 181 Å². The lowest BCUT2D eigenvalue weighted by atomic mass is 10.0. The number of benzene rings is 21. The van der Waals surface area contributed by atoms with Crippen molar-refractivity contribution in [3.8, 4) is 137 Å². The summed E-state index contributed by atoms with van der Waals surface area (Å²) >= 11 is 0. The third kappa shape index (κ3) is 15.1. The summed E-state index contributed by atoms with van der Waals surface area (Å²) in [5.74, 6) is 1.67. The Kier molecular flexibility index (Phi) is 17.9. The summed E-state index contributed by atoms with van der Waals surface area (Å²) < 4.78 is 141. The average Bonchev–Trinajstić information content (AvgIpc) is 1.55. The zero-order valence-electron chi connectivity index (χ0n) is 94.8. The number of aromatic nitrogens is 15. The van der Waals surface area contributed by atoms with Crippen molar-refractivity contribution in [2.24, 2.45) is 0 Å². The second-order valence-electron chi connectivity index (χ2n) is 36.3. The summed E-state index contributed by atoms with van der Waals surface area (Å²) in [6.45, 7) is 0. The lowest BCUT2D eigenvalue weighted by Gasteiger charge is -2.14. The van der Waals surface area contributed by atoms with Gasteiger partial charge >= 0.3 is 0 Å². The van der Waals surface area contributed by atoms with Crippen molar-refractivity contribution in [2.75, 3.05) is 0 Å². The molecular formula is C135H87N15. The molecule has 0 fully saturated rings. The zero-order valence-corrected chi connectivity index (χ0v) is 79.8. The number of hydrogen-bond donors (Lipinski definition) is 0. The monoisotopic (exact) mass is 1930 g/mol. The first-order valence-electron chi connectivity index (χ1n) is 56.7. The fraction of sp³-hybridized carbons (Fsp3) is 0. The van der Waals surface area contributed by atoms with Crippen LogP contribution in [0.5, 0.6) is 0 Å². The molecule has 0 N–H and O–H groups in total. The van der Waals surface area contributed by atoms with Crippen molar-refractivity contribution < 1.29 is 20.6 Å². The maximum Gasteiger partial charge on any atom is 0.238 e. The molecule has 0 unspecified atom stereocenters. The number of fused-ring (bicyclic) bond motifs is 21. The minimum absolute atomic E-state index is 0.0140. The number of para-hydroxylation sites is 7. The molecule has 150 heavy (non-hydrogen) atoms. The van der Waals surface area contributed by atoms with Crippen molar-refractivity contribution in [3.63, 3.8) is 0 Å². The van der Waals surface area contributed by atoms with Crippen LogP contribution >= 0.6 is 0 Å². The molecule has 30 rings (SSSR count). The summed E-state index contributed by atoms with van der Waals surface area (Å²) in [7, 11) is 0. The van der Waals surface area contributed by atoms with Crippen LogP contribution in [0.15, 0.2) is 527 Å². The molecule has 21 aromatic carbocycles. The molecule has 0 aliphatic carbocycles. The summed E-state index contributed by atoms with van der Waals surface area (Å²) in [5, 5.41) is 12.1. The van der Waals surface area contributed by atoms with E-state index < -0.39 is 54.4 Å². The predicted octanol–water partition coefficient (Wildman–Crippen LogP) is 33.2. The van der Waals surface area contributed by atoms with E-state index >= 15 is 0 Å². The molecule has 0 saturated carbocycles. The lowest BCUT2D eigenvalue weighted by Crippen LogP contribution is -2.06. The quantitative estimate of drug-likeness (QED) is 0.0979. The van der Waals surface area contributed by atoms with Gasteiger partial charge in [0.2, 0.25) is 17.8 Å². The normalized spacial score (nSPS) is 13.0. The Hall–Kier alpha value is -20.5. The molecule has 0 amide bonds. The van der Waals surface area contributed by atoms with Gasteiger partial charge in [-0.3, -0.25) is 13.7 Å². The van der Waals surface area contributed by atoms with E-state index in [1.165, 1.54) is 0 Å². The van der Waals surface area contributed by atoms with Crippen molar-refractivity contribution >= 4 is 131 Å². The second kappa shape index (κ2) is 37.0. The van der Waals surface area contributed by atoms with E-state index in [9.17, 15) is 0 Å². The summed E-state index contributed by atoms with van der Waals surface area (Å²) in [6, 6.07) is 141. The molecule has 0 aliphatic heterocycles. The number of hydrogen-bond acceptors (Lipinski definition) is 9. The van der Waals surface area contributed by atoms with Gasteiger partial charge in [-0.2, -0.15) is 29.9 Å². The smallest absolute Gasteiger partial charge is 0.238 e. The summed E-state index contributed by atoms with van der Waals surface area (Å²) in [5.41, 5.74) is 22.9. The minimum Gasteiger partial charge on any atom is -0.309 e. The molecule has 0 saturated heterocycles. The van der Waals surface area contributed by atoms with Crippen LogP contribution in [0.4, 0.5) is 0 Å². The van der Waals surface area contributed by atoms with Gasteiger partial charge in [-0.05, 0) is 113 Å². The van der Waals surface area contributed by atoms with Gasteiger partial charge in [-0.25, -0.2) is 15.0 Å². The van der Waals surface area contributed by atoms with E-state index in [1.807, 2.05) is 226 Å². The standard InChI is InChI=1S/3C45H29N5/c1-4-16-30(17-5-1)33-22-10-13-25-37(33)49-39-27-15-12-24-36(39)41-40(49)29-28-35-34-23-11-14-26-38(34)50(42(35)41)45-47-43(31-18-6-2-7-19-31)46-44(48-45)32-20-8-3-9-21-32;1-4-15-30(16-5-1)33-21-14-22-34(29-33)49-39-26-13-11-24-37(39)41-40(49)28-27-36-35-23-10-12-25-38(35)50(42(36)41)45-47-43(31-17-6-2-7-18-31)46-44(48-45)32-19-8-3-9-20-32;1-4-14-30(15-5-1)31-24-26-34(27-25-31)49-39-23-13-11-21-37(39)41-40(49)29-28-36-35-20-10-12-22-38(35)50(42(36)41)45-47-43(32-16-6-2-7-17-32)46-44(48-45)33-18-8-3-9-19-33/h3*1-29H/i2D,6D,7D,18D,19D;2D,6D,7D,17D,18D;2D,6D,7D,16D,17D. The Bertz CT molecular complexity index is 11400. The van der Waals surface area contributed by atoms with Crippen LogP contribution in [-0.2, 0) is 0 Å². The zero-order chi connectivity index (χ0) is 112. The van der Waals surface area contributed by atoms with Crippen molar-refractivity contribution in [1.29, 1.82) is 0 Å². The highest BCUT2D eigenvalue weighted by molar-refractivity contribution is 6.29. The van der Waals surface area contributed by atoms with Crippen LogP contribution in [-0.4, -0.2) is 72.3 Å². The highest BCUT2D eigenvalue weighted by Crippen LogP contribution is 2.49. The van der Waals surface area contributed by atoms with Gasteiger partial charge in [0.1, 0.15) is 0 Å². The van der Waals surface area contributed by atoms with Crippen LogP contribution in [0.3, 0.4) is 0 Å². The van der Waals surface area contributed by atoms with E-state index in [-0.39, 0.29) is 88.3 Å². The van der Waals surface area contributed by atoms with E-state index in [2.05, 4.69) is 238 Å². The molecule has 9 aromatic heterocycles. The lowest BCUT2D eigenvalue weighted by molar-refractivity contribution is 0.955. The fourth-order valence-corrected chi connectivity index (χ4v) is 21.3. The summed E-state index contributed by atoms with van der Waals surface area (Å²) in [6.07, 6.45) is 0. The molecule has 30 aromatic rings. The highest BCUT2D eigenvalue weighted by atomic mass is 15.2. The summed E-state index contributed by atoms with van der Waals surface area (Å²) in [4.78, 5) is 44.4. The Labute approximate surface area is 882 Å². The third-order valence-electron chi connectivity index (χ3n) is 27.8. The minimum atomic E-state index is -0.480. The van der Waals surface area contributed by atoms with Crippen LogP contribution in [0.2, 0.25) is 0 Å². The average molecular weight is 1930 g/mol. The molecule has 0 aliphatic rings. The first kappa shape index (κ1) is 72.7. The van der Waals surface area contributed by atoms with E-state index in [4.69, 9.17) is 65.4 Å². The molecule has 15 heteroatoms. The molecule has 9 heterocycles. The van der Waals surface area contributed by atoms with Crippen LogP contribution in [0.1, 0.15) is 20.6 Å². The third-order valence-corrected chi connectivity index (χ3v) is 27.8. The second-order valence-corrected chi connectivity index (χ2v) is 36.3. The highest BCUT2D eigenvalue weighted by Gasteiger charge is 2.30. The predicted molar refractivity (Wildman–Crippen MR) is 614 cm³/mol. The molecular weight excluding hydrogens is 1830 g/mol. The molecule has 15 nitrogen and oxygen atoms in total. The Morgan fingerprint density at radius 2 is 0.420 bits per heavy atom. The molecule has 702 valence electrons. The first-order chi connectivity index (χ1) is 80.7. The fourth-order valence-electron chi connectivity index (χ4n) is 21.3. The van der Waals surface area contributed by atoms with Crippen LogP contribution < -0.4 is 0 Å². The Morgan fingerprint density at radius 1 is 0.153 bits per heavy atom. The Morgan fingerprint density at radius 3 is 0.787 bits per heavy atom. The van der Waals surface area contributed by atoms with E-state index in [1.54, 1.807) is 0 Å². The number of nitrogens with zero attached hydrogens (tertiary/aromatic N) is 15. The topological polar surface area (TPSA) is 146 Å². The SMILES string of the molecule is [2H]c1c([2H])c([2H])c(-c2nc(-c3ccccc3)nc(-n3c4ccccc4c4ccc5c(c6ccccc6n5-c5ccc(-c6ccccc6)cc5)c43)n2)c([2H])c1[2H].[2H]c1c([2H])c([2H])c(-c2nc(-c3ccccc3)nc(-n3c4ccccc4c4ccc5c(c6ccccc6n5-c5cccc(-c6ccccc6)c5)c43)n2)c([2H])c1[2H].[2H]c1c([2H])c([2H])c(-c2nc(-c3ccccc3)nc(-n3c4ccccc4c4ccc5c(c6ccccc6n5-c5ccccc5-c5ccccc5)c43)n2)c([2H])c1[2H]. The maximum atomic E-state index is 8.84. The molecule has 0 spiro atoms. The first-order valence-corrected chi connectivity index (χ1v) is 49.2. The van der Waals surface area contributed by atoms with Crippen LogP contribution in [0, 0.1) is 0 Å². The molecule has 0 radical (unpaired) electrons. The largest absolute Gasteiger partial charge is 0.309 e. The van der Waals surface area contributed by atoms with Crippen molar-refractivity contribution in [1.82, 2.24) is 72.3 Å². The van der Waals surface area contributed by atoms with Crippen molar-refractivity contribution in [2.45, 2.75) is 0 Å². The van der Waals surface area contributed by atoms with Gasteiger partial charge in [0, 0.05) is 115 Å².